The van der Waals surface area contributed by atoms with Crippen LogP contribution in [-0.4, -0.2) is 37.1 Å². The lowest BCUT2D eigenvalue weighted by atomic mass is 10.1. The Bertz CT molecular complexity index is 148. The Kier molecular flexibility index (Phi) is 12.3. The van der Waals surface area contributed by atoms with Crippen molar-refractivity contribution in [3.05, 3.63) is 0 Å². The zero-order valence-corrected chi connectivity index (χ0v) is 12.6. The van der Waals surface area contributed by atoms with E-state index in [1.807, 2.05) is 0 Å². The number of likely N-dealkylation sites (N-methyl/N-ethyl adjacent to an activating group) is 1. The van der Waals surface area contributed by atoms with Gasteiger partial charge in [0, 0.05) is 19.1 Å². The van der Waals surface area contributed by atoms with Crippen LogP contribution in [0.15, 0.2) is 0 Å². The standard InChI is InChI=1S/C15H34N2/c1-5-8-10-11-15(4)16-12-14-17(7-3)13-9-6-2/h15-16H,5-14H2,1-4H3. The number of rotatable bonds is 12. The van der Waals surface area contributed by atoms with Crippen LogP contribution in [0, 0.1) is 0 Å². The van der Waals surface area contributed by atoms with Gasteiger partial charge in [-0.1, -0.05) is 46.5 Å². The lowest BCUT2D eigenvalue weighted by Gasteiger charge is -2.21. The Hall–Kier alpha value is -0.0800. The summed E-state index contributed by atoms with van der Waals surface area (Å²) in [4.78, 5) is 2.55. The van der Waals surface area contributed by atoms with E-state index >= 15 is 0 Å². The molecule has 0 fully saturated rings. The van der Waals surface area contributed by atoms with E-state index in [0.29, 0.717) is 6.04 Å². The predicted octanol–water partition coefficient (Wildman–Crippen LogP) is 3.67. The Labute approximate surface area is 109 Å². The lowest BCUT2D eigenvalue weighted by Crippen LogP contribution is -2.36. The molecule has 1 unspecified atom stereocenters. The highest BCUT2D eigenvalue weighted by atomic mass is 15.1. The first-order chi connectivity index (χ1) is 8.24. The summed E-state index contributed by atoms with van der Waals surface area (Å²) in [7, 11) is 0. The molecule has 0 amide bonds. The Morgan fingerprint density at radius 2 is 1.65 bits per heavy atom. The third-order valence-corrected chi connectivity index (χ3v) is 3.44. The van der Waals surface area contributed by atoms with Crippen molar-refractivity contribution in [1.29, 1.82) is 0 Å². The lowest BCUT2D eigenvalue weighted by molar-refractivity contribution is 0.277. The highest BCUT2D eigenvalue weighted by Crippen LogP contribution is 2.02. The summed E-state index contributed by atoms with van der Waals surface area (Å²) in [6.07, 6.45) is 8.04. The molecule has 0 rings (SSSR count). The molecule has 17 heavy (non-hydrogen) atoms. The van der Waals surface area contributed by atoms with E-state index in [0.717, 1.165) is 6.54 Å². The van der Waals surface area contributed by atoms with Crippen molar-refractivity contribution < 1.29 is 0 Å². The molecule has 2 heteroatoms. The van der Waals surface area contributed by atoms with Gasteiger partial charge in [0.05, 0.1) is 0 Å². The second kappa shape index (κ2) is 12.4. The van der Waals surface area contributed by atoms with Gasteiger partial charge in [-0.15, -0.1) is 0 Å². The van der Waals surface area contributed by atoms with Crippen LogP contribution in [-0.2, 0) is 0 Å². The minimum absolute atomic E-state index is 0.687. The topological polar surface area (TPSA) is 15.3 Å². The SMILES string of the molecule is CCCCCC(C)NCCN(CC)CCCC. The average molecular weight is 242 g/mol. The summed E-state index contributed by atoms with van der Waals surface area (Å²) in [5.41, 5.74) is 0. The van der Waals surface area contributed by atoms with Gasteiger partial charge in [0.2, 0.25) is 0 Å². The van der Waals surface area contributed by atoms with Crippen LogP contribution in [0.25, 0.3) is 0 Å². The molecule has 2 nitrogen and oxygen atoms in total. The van der Waals surface area contributed by atoms with Gasteiger partial charge in [0.1, 0.15) is 0 Å². The summed E-state index contributed by atoms with van der Waals surface area (Å²) in [6, 6.07) is 0.687. The third-order valence-electron chi connectivity index (χ3n) is 3.44. The van der Waals surface area contributed by atoms with Crippen molar-refractivity contribution in [2.45, 2.75) is 72.3 Å². The second-order valence-electron chi connectivity index (χ2n) is 5.14. The first kappa shape index (κ1) is 16.9. The largest absolute Gasteiger partial charge is 0.313 e. The summed E-state index contributed by atoms with van der Waals surface area (Å²) in [5, 5.41) is 3.64. The van der Waals surface area contributed by atoms with Crippen molar-refractivity contribution in [2.75, 3.05) is 26.2 Å². The molecule has 0 aliphatic rings. The molecule has 0 aliphatic heterocycles. The molecule has 0 aromatic heterocycles. The van der Waals surface area contributed by atoms with Crippen LogP contribution in [0.4, 0.5) is 0 Å². The molecule has 0 aromatic rings. The first-order valence-electron chi connectivity index (χ1n) is 7.70. The normalized spacial score (nSPS) is 13.2. The van der Waals surface area contributed by atoms with Crippen LogP contribution in [0.1, 0.15) is 66.2 Å². The van der Waals surface area contributed by atoms with Crippen molar-refractivity contribution in [2.24, 2.45) is 0 Å². The van der Waals surface area contributed by atoms with Gasteiger partial charge in [0.15, 0.2) is 0 Å². The number of nitrogens with zero attached hydrogens (tertiary/aromatic N) is 1. The molecular formula is C15H34N2. The minimum atomic E-state index is 0.687. The highest BCUT2D eigenvalue weighted by molar-refractivity contribution is 4.63. The fourth-order valence-corrected chi connectivity index (χ4v) is 2.08. The Morgan fingerprint density at radius 3 is 2.24 bits per heavy atom. The maximum atomic E-state index is 3.64. The smallest absolute Gasteiger partial charge is 0.0107 e. The fraction of sp³-hybridized carbons (Fsp3) is 1.00. The number of unbranched alkanes of at least 4 members (excludes halogenated alkanes) is 3. The first-order valence-corrected chi connectivity index (χ1v) is 7.70. The molecule has 0 heterocycles. The molecular weight excluding hydrogens is 208 g/mol. The predicted molar refractivity (Wildman–Crippen MR) is 78.6 cm³/mol. The van der Waals surface area contributed by atoms with Gasteiger partial charge >= 0.3 is 0 Å². The van der Waals surface area contributed by atoms with Gasteiger partial charge in [-0.05, 0) is 32.9 Å². The van der Waals surface area contributed by atoms with E-state index in [9.17, 15) is 0 Å². The molecule has 0 aromatic carbocycles. The van der Waals surface area contributed by atoms with Crippen LogP contribution in [0.3, 0.4) is 0 Å². The Balaban J connectivity index is 3.45. The second-order valence-corrected chi connectivity index (χ2v) is 5.14. The molecule has 0 bridgehead atoms. The molecule has 104 valence electrons. The van der Waals surface area contributed by atoms with E-state index in [1.165, 1.54) is 58.2 Å². The molecule has 0 saturated carbocycles. The van der Waals surface area contributed by atoms with Crippen molar-refractivity contribution >= 4 is 0 Å². The minimum Gasteiger partial charge on any atom is -0.313 e. The molecule has 0 spiro atoms. The highest BCUT2D eigenvalue weighted by Gasteiger charge is 2.03. The molecule has 1 atom stereocenters. The maximum absolute atomic E-state index is 3.64. The van der Waals surface area contributed by atoms with Crippen LogP contribution in [0.2, 0.25) is 0 Å². The summed E-state index contributed by atoms with van der Waals surface area (Å²) in [6.45, 7) is 13.9. The summed E-state index contributed by atoms with van der Waals surface area (Å²) >= 11 is 0. The van der Waals surface area contributed by atoms with E-state index in [4.69, 9.17) is 0 Å². The van der Waals surface area contributed by atoms with Crippen molar-refractivity contribution in [1.82, 2.24) is 10.2 Å². The van der Waals surface area contributed by atoms with Gasteiger partial charge in [-0.2, -0.15) is 0 Å². The summed E-state index contributed by atoms with van der Waals surface area (Å²) < 4.78 is 0. The Morgan fingerprint density at radius 1 is 0.941 bits per heavy atom. The van der Waals surface area contributed by atoms with Crippen LogP contribution in [0.5, 0.6) is 0 Å². The molecule has 0 radical (unpaired) electrons. The fourth-order valence-electron chi connectivity index (χ4n) is 2.08. The van der Waals surface area contributed by atoms with Gasteiger partial charge in [0.25, 0.3) is 0 Å². The zero-order valence-electron chi connectivity index (χ0n) is 12.6. The van der Waals surface area contributed by atoms with E-state index in [1.54, 1.807) is 0 Å². The van der Waals surface area contributed by atoms with Crippen LogP contribution >= 0.6 is 0 Å². The van der Waals surface area contributed by atoms with E-state index < -0.39 is 0 Å². The van der Waals surface area contributed by atoms with Crippen molar-refractivity contribution in [3.8, 4) is 0 Å². The zero-order chi connectivity index (χ0) is 12.9. The monoisotopic (exact) mass is 242 g/mol. The molecule has 0 aliphatic carbocycles. The number of hydrogen-bond acceptors (Lipinski definition) is 2. The van der Waals surface area contributed by atoms with Crippen molar-refractivity contribution in [3.63, 3.8) is 0 Å². The maximum Gasteiger partial charge on any atom is 0.0107 e. The quantitative estimate of drug-likeness (QED) is 0.525. The average Bonchev–Trinajstić information content (AvgIpc) is 2.34. The molecule has 0 saturated heterocycles. The van der Waals surface area contributed by atoms with Crippen LogP contribution < -0.4 is 5.32 Å². The summed E-state index contributed by atoms with van der Waals surface area (Å²) in [5.74, 6) is 0. The van der Waals surface area contributed by atoms with Gasteiger partial charge < -0.3 is 10.2 Å². The third kappa shape index (κ3) is 10.8. The van der Waals surface area contributed by atoms with Gasteiger partial charge in [-0.25, -0.2) is 0 Å². The van der Waals surface area contributed by atoms with Gasteiger partial charge in [-0.3, -0.25) is 0 Å². The molecule has 1 N–H and O–H groups in total. The number of nitrogens with one attached hydrogen (secondary N) is 1. The van der Waals surface area contributed by atoms with E-state index in [-0.39, 0.29) is 0 Å². The number of hydrogen-bond donors (Lipinski definition) is 1. The van der Waals surface area contributed by atoms with E-state index in [2.05, 4.69) is 37.9 Å².